The van der Waals surface area contributed by atoms with Crippen molar-refractivity contribution in [3.8, 4) is 11.5 Å². The summed E-state index contributed by atoms with van der Waals surface area (Å²) < 4.78 is 43.3. The number of phenols is 2. The van der Waals surface area contributed by atoms with Crippen molar-refractivity contribution >= 4 is 23.4 Å². The maximum Gasteiger partial charge on any atom is 0.316 e. The number of ketones is 2. The van der Waals surface area contributed by atoms with Gasteiger partial charge in [0.15, 0.2) is 24.7 Å². The van der Waals surface area contributed by atoms with Gasteiger partial charge < -0.3 is 58.5 Å². The lowest BCUT2D eigenvalue weighted by molar-refractivity contribution is -0.321. The number of fused-ring (bicyclic) bond motifs is 3. The summed E-state index contributed by atoms with van der Waals surface area (Å²) in [6, 6.07) is 5.10. The van der Waals surface area contributed by atoms with Gasteiger partial charge in [-0.25, -0.2) is 0 Å². The minimum atomic E-state index is -1.76. The summed E-state index contributed by atoms with van der Waals surface area (Å²) >= 11 is 0. The first-order chi connectivity index (χ1) is 29.9. The van der Waals surface area contributed by atoms with Crippen molar-refractivity contribution in [2.75, 3.05) is 21.2 Å². The van der Waals surface area contributed by atoms with Gasteiger partial charge in [0.25, 0.3) is 0 Å². The largest absolute Gasteiger partial charge is 0.507 e. The predicted molar refractivity (Wildman–Crippen MR) is 221 cm³/mol. The van der Waals surface area contributed by atoms with Crippen molar-refractivity contribution in [3.05, 3.63) is 69.1 Å². The van der Waals surface area contributed by atoms with Crippen LogP contribution in [0.1, 0.15) is 135 Å². The molecule has 2 aliphatic carbocycles. The third-order valence-electron chi connectivity index (χ3n) is 13.0. The molecule has 18 heteroatoms. The number of hydrogen-bond acceptors (Lipinski definition) is 17. The zero-order valence-electron chi connectivity index (χ0n) is 36.8. The van der Waals surface area contributed by atoms with Crippen molar-refractivity contribution in [2.24, 2.45) is 0 Å². The molecule has 2 saturated heterocycles. The van der Waals surface area contributed by atoms with Crippen molar-refractivity contribution in [1.29, 1.82) is 0 Å². The van der Waals surface area contributed by atoms with E-state index < -0.39 is 96.0 Å². The minimum Gasteiger partial charge on any atom is -0.507 e. The van der Waals surface area contributed by atoms with Crippen LogP contribution in [0, 0.1) is 0 Å². The number of ether oxygens (including phenoxy) is 7. The van der Waals surface area contributed by atoms with Crippen LogP contribution in [0.3, 0.4) is 0 Å². The zero-order valence-corrected chi connectivity index (χ0v) is 36.8. The molecule has 3 unspecified atom stereocenters. The lowest BCUT2D eigenvalue weighted by atomic mass is 9.67. The highest BCUT2D eigenvalue weighted by molar-refractivity contribution is 6.30. The first-order valence-corrected chi connectivity index (χ1v) is 21.5. The summed E-state index contributed by atoms with van der Waals surface area (Å²) in [5.74, 6) is -4.20. The molecule has 0 saturated carbocycles. The van der Waals surface area contributed by atoms with Crippen LogP contribution in [0.15, 0.2) is 35.7 Å². The number of rotatable bonds is 12. The Kier molecular flexibility index (Phi) is 13.6. The van der Waals surface area contributed by atoms with Gasteiger partial charge in [-0.1, -0.05) is 26.0 Å². The van der Waals surface area contributed by atoms with Crippen LogP contribution >= 0.6 is 0 Å². The molecule has 12 atom stereocenters. The van der Waals surface area contributed by atoms with E-state index in [1.54, 1.807) is 27.7 Å². The van der Waals surface area contributed by atoms with Gasteiger partial charge in [0.1, 0.15) is 35.4 Å². The van der Waals surface area contributed by atoms with E-state index in [0.29, 0.717) is 25.0 Å². The van der Waals surface area contributed by atoms with Crippen molar-refractivity contribution in [2.45, 2.75) is 153 Å². The number of likely N-dealkylation sites (N-methyl/N-ethyl adjacent to an activating group) is 1. The van der Waals surface area contributed by atoms with E-state index in [4.69, 9.17) is 33.2 Å². The van der Waals surface area contributed by atoms with E-state index in [-0.39, 0.29) is 71.0 Å². The molecule has 2 fully saturated rings. The molecule has 0 bridgehead atoms. The van der Waals surface area contributed by atoms with Crippen LogP contribution in [0.5, 0.6) is 11.5 Å². The first-order valence-electron chi connectivity index (χ1n) is 21.5. The van der Waals surface area contributed by atoms with E-state index in [1.807, 2.05) is 25.9 Å². The van der Waals surface area contributed by atoms with Crippen molar-refractivity contribution < 1.29 is 72.8 Å². The molecule has 2 aromatic rings. The van der Waals surface area contributed by atoms with Crippen LogP contribution in [0.2, 0.25) is 0 Å². The van der Waals surface area contributed by atoms with Gasteiger partial charge in [-0.2, -0.15) is 0 Å². The lowest BCUT2D eigenvalue weighted by Gasteiger charge is -2.48. The number of aliphatic hydroxyl groups is 2. The molecule has 0 radical (unpaired) electrons. The molecule has 2 aromatic carbocycles. The highest BCUT2D eigenvalue weighted by Crippen LogP contribution is 2.54. The summed E-state index contributed by atoms with van der Waals surface area (Å²) in [5, 5.41) is 46.1. The van der Waals surface area contributed by atoms with E-state index >= 15 is 0 Å². The van der Waals surface area contributed by atoms with Gasteiger partial charge in [-0.3, -0.25) is 30.0 Å². The summed E-state index contributed by atoms with van der Waals surface area (Å²) in [5.41, 5.74) is 3.76. The molecule has 63 heavy (non-hydrogen) atoms. The minimum absolute atomic E-state index is 0.0241. The van der Waals surface area contributed by atoms with E-state index in [9.17, 15) is 39.6 Å². The van der Waals surface area contributed by atoms with E-state index in [2.05, 4.69) is 10.9 Å². The summed E-state index contributed by atoms with van der Waals surface area (Å²) in [6.45, 7) is 8.82. The second kappa shape index (κ2) is 18.4. The van der Waals surface area contributed by atoms with Crippen LogP contribution in [-0.2, 0) is 42.7 Å². The molecule has 0 aromatic heterocycles. The lowest BCUT2D eigenvalue weighted by Crippen LogP contribution is -2.58. The topological polar surface area (TPSA) is 241 Å². The van der Waals surface area contributed by atoms with Gasteiger partial charge >= 0.3 is 5.97 Å². The summed E-state index contributed by atoms with van der Waals surface area (Å²) in [7, 11) is 4.92. The highest BCUT2D eigenvalue weighted by Gasteiger charge is 2.53. The van der Waals surface area contributed by atoms with Crippen LogP contribution in [0.25, 0.3) is 0 Å². The Bertz CT molecular complexity index is 2130. The fourth-order valence-corrected chi connectivity index (χ4v) is 9.58. The Morgan fingerprint density at radius 1 is 0.937 bits per heavy atom. The monoisotopic (exact) mass is 881 g/mol. The number of nitrogens with one attached hydrogen (secondary N) is 2. The van der Waals surface area contributed by atoms with Gasteiger partial charge in [-0.15, -0.1) is 0 Å². The third-order valence-corrected chi connectivity index (χ3v) is 13.0. The maximum atomic E-state index is 14.0. The molecule has 5 aliphatic rings. The van der Waals surface area contributed by atoms with E-state index in [1.165, 1.54) is 31.4 Å². The number of methoxy groups -OCH3 is 1. The number of nitrogens with zero attached hydrogens (tertiary/aromatic N) is 1. The molecule has 1 amide bonds. The number of benzene rings is 2. The van der Waals surface area contributed by atoms with Crippen LogP contribution in [0.4, 0.5) is 0 Å². The molecular formula is C45H59N3O15. The van der Waals surface area contributed by atoms with Gasteiger partial charge in [0.2, 0.25) is 11.7 Å². The molecular weight excluding hydrogens is 823 g/mol. The standard InChI is InChI=1S/C45H59N3O15/c1-9-31(51)47-46-26-14-15-32(58-20(26)3)62-43-22(5)60-34(18-29(43)50)63-42-21(4)59-33(17-27(42)48(6)7)61-30-19-45(56,10-2)38(44(55)57-8)24-16-25-37(41(54)36(24)30)40(53)35-23(39(25)52)12-11-13-28(35)49/h11-13,16,21-22,27,29-30,32-34,38,42-43,46,49-50,54,56H,9-10,14-15,17-19H2,1-8H3,(H,47,51)/t21?,22?,27-,29-,30+,32?,33+,34+,38+,42-,43-,45-/m1/s1. The first kappa shape index (κ1) is 46.3. The summed E-state index contributed by atoms with van der Waals surface area (Å²) in [6.07, 6.45) is -5.48. The molecule has 6 N–H and O–H groups in total. The Labute approximate surface area is 365 Å². The average molecular weight is 882 g/mol. The normalized spacial score (nSPS) is 32.9. The zero-order chi connectivity index (χ0) is 45.7. The number of aromatic hydroxyl groups is 2. The molecule has 344 valence electrons. The Morgan fingerprint density at radius 2 is 1.62 bits per heavy atom. The number of hydrazine groups is 1. The smallest absolute Gasteiger partial charge is 0.316 e. The van der Waals surface area contributed by atoms with Gasteiger partial charge in [0.05, 0.1) is 54.0 Å². The predicted octanol–water partition coefficient (Wildman–Crippen LogP) is 3.46. The van der Waals surface area contributed by atoms with E-state index in [0.717, 1.165) is 5.70 Å². The quantitative estimate of drug-likeness (QED) is 0.113. The average Bonchev–Trinajstić information content (AvgIpc) is 3.23. The van der Waals surface area contributed by atoms with Crippen LogP contribution in [-0.4, -0.2) is 131 Å². The Balaban J connectivity index is 1.08. The summed E-state index contributed by atoms with van der Waals surface area (Å²) in [4.78, 5) is 54.9. The van der Waals surface area contributed by atoms with Gasteiger partial charge in [-0.05, 0) is 65.4 Å². The number of allylic oxidation sites excluding steroid dienone is 2. The molecule has 3 heterocycles. The number of esters is 1. The van der Waals surface area contributed by atoms with Crippen molar-refractivity contribution in [3.63, 3.8) is 0 Å². The fraction of sp³-hybridized carbons (Fsp3) is 0.600. The van der Waals surface area contributed by atoms with Crippen molar-refractivity contribution in [1.82, 2.24) is 15.8 Å². The van der Waals surface area contributed by atoms with Gasteiger partial charge in [0, 0.05) is 54.8 Å². The number of hydrogen-bond donors (Lipinski definition) is 6. The Hall–Kier alpha value is -4.66. The second-order valence-corrected chi connectivity index (χ2v) is 17.2. The number of aliphatic hydroxyl groups excluding tert-OH is 1. The molecule has 7 rings (SSSR count). The number of carbonyl (C=O) groups excluding carboxylic acids is 4. The fourth-order valence-electron chi connectivity index (χ4n) is 9.58. The molecule has 3 aliphatic heterocycles. The number of phenolic OH excluding ortho intramolecular Hbond substituents is 2. The number of amides is 1. The third kappa shape index (κ3) is 8.79. The SMILES string of the molecule is CCC(=O)NNC1=C(C)OC(O[C@@H]2C(C)O[C@@H](O[C@@H]3C(C)O[C@@H](O[C@H]4C[C@](O)(CC)[C@H](C(=O)OC)c5cc6c(c(O)c54)C(=O)c4c(O)cccc4C6=O)C[C@H]3N(C)C)C[C@H]2O)CC1. The molecule has 18 nitrogen and oxygen atoms in total. The Morgan fingerprint density at radius 3 is 2.25 bits per heavy atom. The van der Waals surface area contributed by atoms with Crippen LogP contribution < -0.4 is 10.9 Å². The molecule has 0 spiro atoms. The number of carbonyl (C=O) groups is 4. The maximum absolute atomic E-state index is 14.0. The second-order valence-electron chi connectivity index (χ2n) is 17.2. The highest BCUT2D eigenvalue weighted by atomic mass is 16.7.